The van der Waals surface area contributed by atoms with Crippen LogP contribution in [0.5, 0.6) is 5.75 Å². The van der Waals surface area contributed by atoms with Gasteiger partial charge in [-0.2, -0.15) is 0 Å². The van der Waals surface area contributed by atoms with E-state index in [4.69, 9.17) is 22.1 Å². The zero-order chi connectivity index (χ0) is 13.1. The van der Waals surface area contributed by atoms with Crippen LogP contribution in [0.25, 0.3) is 0 Å². The Labute approximate surface area is 110 Å². The fourth-order valence-corrected chi connectivity index (χ4v) is 1.81. The second-order valence-electron chi connectivity index (χ2n) is 4.12. The third kappa shape index (κ3) is 3.14. The van der Waals surface area contributed by atoms with E-state index in [0.29, 0.717) is 22.0 Å². The van der Waals surface area contributed by atoms with Crippen molar-refractivity contribution in [2.45, 2.75) is 13.5 Å². The van der Waals surface area contributed by atoms with Gasteiger partial charge in [0.05, 0.1) is 5.02 Å². The summed E-state index contributed by atoms with van der Waals surface area (Å²) in [4.78, 5) is 0. The third-order valence-corrected chi connectivity index (χ3v) is 2.77. The Morgan fingerprint density at radius 2 is 2.00 bits per heavy atom. The number of halogens is 2. The maximum Gasteiger partial charge on any atom is 0.138 e. The van der Waals surface area contributed by atoms with Crippen LogP contribution in [0.2, 0.25) is 5.02 Å². The van der Waals surface area contributed by atoms with Crippen molar-refractivity contribution in [1.82, 2.24) is 0 Å². The van der Waals surface area contributed by atoms with Crippen LogP contribution < -0.4 is 10.5 Å². The first kappa shape index (κ1) is 12.7. The van der Waals surface area contributed by atoms with Gasteiger partial charge in [-0.1, -0.05) is 17.7 Å². The van der Waals surface area contributed by atoms with Gasteiger partial charge in [0.2, 0.25) is 0 Å². The summed E-state index contributed by atoms with van der Waals surface area (Å²) in [6, 6.07) is 9.84. The van der Waals surface area contributed by atoms with E-state index in [9.17, 15) is 4.39 Å². The SMILES string of the molecule is Cc1ccc(Cl)c(OCc2cc(N)cc(F)c2)c1. The van der Waals surface area contributed by atoms with E-state index in [1.165, 1.54) is 12.1 Å². The van der Waals surface area contributed by atoms with Crippen molar-refractivity contribution in [3.05, 3.63) is 58.4 Å². The Balaban J connectivity index is 2.13. The molecule has 0 atom stereocenters. The molecule has 0 aliphatic heterocycles. The number of nitrogens with two attached hydrogens (primary N) is 1. The second kappa shape index (κ2) is 5.27. The summed E-state index contributed by atoms with van der Waals surface area (Å²) in [6.07, 6.45) is 0. The maximum atomic E-state index is 13.1. The predicted molar refractivity (Wildman–Crippen MR) is 71.3 cm³/mol. The van der Waals surface area contributed by atoms with Crippen LogP contribution in [-0.4, -0.2) is 0 Å². The zero-order valence-electron chi connectivity index (χ0n) is 9.91. The Hall–Kier alpha value is -1.74. The summed E-state index contributed by atoms with van der Waals surface area (Å²) in [7, 11) is 0. The predicted octanol–water partition coefficient (Wildman–Crippen LogP) is 3.95. The number of aryl methyl sites for hydroxylation is 1. The molecule has 0 aliphatic carbocycles. The molecule has 0 fully saturated rings. The Morgan fingerprint density at radius 1 is 1.22 bits per heavy atom. The highest BCUT2D eigenvalue weighted by Crippen LogP contribution is 2.26. The summed E-state index contributed by atoms with van der Waals surface area (Å²) in [6.45, 7) is 2.18. The van der Waals surface area contributed by atoms with Crippen molar-refractivity contribution in [2.75, 3.05) is 5.73 Å². The summed E-state index contributed by atoms with van der Waals surface area (Å²) in [5.41, 5.74) is 7.66. The molecule has 2 aromatic rings. The van der Waals surface area contributed by atoms with Crippen LogP contribution in [-0.2, 0) is 6.61 Å². The molecular weight excluding hydrogens is 253 g/mol. The van der Waals surface area contributed by atoms with Crippen molar-refractivity contribution >= 4 is 17.3 Å². The number of hydrogen-bond acceptors (Lipinski definition) is 2. The van der Waals surface area contributed by atoms with Gasteiger partial charge in [0.1, 0.15) is 18.2 Å². The van der Waals surface area contributed by atoms with E-state index < -0.39 is 0 Å². The van der Waals surface area contributed by atoms with Crippen LogP contribution in [0.4, 0.5) is 10.1 Å². The summed E-state index contributed by atoms with van der Waals surface area (Å²) in [5, 5.41) is 0.532. The molecule has 2 rings (SSSR count). The minimum Gasteiger partial charge on any atom is -0.487 e. The molecule has 4 heteroatoms. The molecular formula is C14H13ClFNO. The van der Waals surface area contributed by atoms with Gasteiger partial charge in [-0.05, 0) is 48.4 Å². The van der Waals surface area contributed by atoms with Gasteiger partial charge in [0.15, 0.2) is 0 Å². The summed E-state index contributed by atoms with van der Waals surface area (Å²) in [5.74, 6) is 0.212. The van der Waals surface area contributed by atoms with E-state index in [2.05, 4.69) is 0 Å². The Kier molecular flexibility index (Phi) is 3.72. The van der Waals surface area contributed by atoms with Crippen LogP contribution >= 0.6 is 11.6 Å². The molecule has 0 bridgehead atoms. The smallest absolute Gasteiger partial charge is 0.138 e. The normalized spacial score (nSPS) is 10.4. The largest absolute Gasteiger partial charge is 0.487 e. The first-order valence-corrected chi connectivity index (χ1v) is 5.86. The first-order chi connectivity index (χ1) is 8.54. The van der Waals surface area contributed by atoms with E-state index in [1.807, 2.05) is 19.1 Å². The topological polar surface area (TPSA) is 35.2 Å². The average Bonchev–Trinajstić information content (AvgIpc) is 2.29. The van der Waals surface area contributed by atoms with Crippen LogP contribution in [0.1, 0.15) is 11.1 Å². The summed E-state index contributed by atoms with van der Waals surface area (Å²) >= 11 is 6.00. The number of rotatable bonds is 3. The number of anilines is 1. The fraction of sp³-hybridized carbons (Fsp3) is 0.143. The van der Waals surface area contributed by atoms with Crippen molar-refractivity contribution in [3.8, 4) is 5.75 Å². The number of nitrogen functional groups attached to an aromatic ring is 1. The first-order valence-electron chi connectivity index (χ1n) is 5.48. The molecule has 2 aromatic carbocycles. The lowest BCUT2D eigenvalue weighted by Crippen LogP contribution is -1.98. The highest BCUT2D eigenvalue weighted by Gasteiger charge is 2.04. The molecule has 0 spiro atoms. The highest BCUT2D eigenvalue weighted by atomic mass is 35.5. The lowest BCUT2D eigenvalue weighted by Gasteiger charge is -2.09. The molecule has 0 heterocycles. The van der Waals surface area contributed by atoms with Gasteiger partial charge in [0.25, 0.3) is 0 Å². The van der Waals surface area contributed by atoms with Gasteiger partial charge >= 0.3 is 0 Å². The lowest BCUT2D eigenvalue weighted by atomic mass is 10.2. The maximum absolute atomic E-state index is 13.1. The van der Waals surface area contributed by atoms with Crippen LogP contribution in [0.3, 0.4) is 0 Å². The molecule has 0 amide bonds. The molecule has 18 heavy (non-hydrogen) atoms. The van der Waals surface area contributed by atoms with E-state index in [1.54, 1.807) is 12.1 Å². The number of hydrogen-bond donors (Lipinski definition) is 1. The van der Waals surface area contributed by atoms with Gasteiger partial charge in [-0.25, -0.2) is 4.39 Å². The lowest BCUT2D eigenvalue weighted by molar-refractivity contribution is 0.305. The standard InChI is InChI=1S/C14H13ClFNO/c1-9-2-3-13(15)14(4-9)18-8-10-5-11(16)7-12(17)6-10/h2-7H,8,17H2,1H3. The van der Waals surface area contributed by atoms with E-state index in [-0.39, 0.29) is 12.4 Å². The molecule has 0 saturated carbocycles. The minimum absolute atomic E-state index is 0.227. The number of benzene rings is 2. The van der Waals surface area contributed by atoms with Gasteiger partial charge in [-0.15, -0.1) is 0 Å². The quantitative estimate of drug-likeness (QED) is 0.853. The van der Waals surface area contributed by atoms with Gasteiger partial charge in [-0.3, -0.25) is 0 Å². The van der Waals surface area contributed by atoms with E-state index >= 15 is 0 Å². The zero-order valence-corrected chi connectivity index (χ0v) is 10.7. The van der Waals surface area contributed by atoms with Crippen molar-refractivity contribution < 1.29 is 9.13 Å². The van der Waals surface area contributed by atoms with Crippen LogP contribution in [0, 0.1) is 12.7 Å². The van der Waals surface area contributed by atoms with Gasteiger partial charge in [0, 0.05) is 5.69 Å². The monoisotopic (exact) mass is 265 g/mol. The van der Waals surface area contributed by atoms with Crippen LogP contribution in [0.15, 0.2) is 36.4 Å². The number of ether oxygens (including phenoxy) is 1. The Bertz CT molecular complexity index is 551. The molecule has 0 aromatic heterocycles. The van der Waals surface area contributed by atoms with Gasteiger partial charge < -0.3 is 10.5 Å². The van der Waals surface area contributed by atoms with Crippen molar-refractivity contribution in [3.63, 3.8) is 0 Å². The Morgan fingerprint density at radius 3 is 2.72 bits per heavy atom. The van der Waals surface area contributed by atoms with E-state index in [0.717, 1.165) is 5.56 Å². The third-order valence-electron chi connectivity index (χ3n) is 2.46. The summed E-state index contributed by atoms with van der Waals surface area (Å²) < 4.78 is 18.7. The molecule has 94 valence electrons. The molecule has 0 unspecified atom stereocenters. The van der Waals surface area contributed by atoms with Crippen molar-refractivity contribution in [2.24, 2.45) is 0 Å². The molecule has 2 nitrogen and oxygen atoms in total. The molecule has 0 radical (unpaired) electrons. The fourth-order valence-electron chi connectivity index (χ4n) is 1.64. The molecule has 0 aliphatic rings. The highest BCUT2D eigenvalue weighted by molar-refractivity contribution is 6.32. The molecule has 0 saturated heterocycles. The average molecular weight is 266 g/mol. The molecule has 2 N–H and O–H groups in total. The van der Waals surface area contributed by atoms with Crippen molar-refractivity contribution in [1.29, 1.82) is 0 Å². The minimum atomic E-state index is -0.371. The second-order valence-corrected chi connectivity index (χ2v) is 4.52.